The van der Waals surface area contributed by atoms with E-state index in [4.69, 9.17) is 10.8 Å². The predicted octanol–water partition coefficient (Wildman–Crippen LogP) is 1.97. The first kappa shape index (κ1) is 11.9. The Bertz CT molecular complexity index is 555. The molecule has 0 aliphatic carbocycles. The van der Waals surface area contributed by atoms with Gasteiger partial charge in [0.1, 0.15) is 0 Å². The van der Waals surface area contributed by atoms with Gasteiger partial charge < -0.3 is 16.2 Å². The maximum absolute atomic E-state index is 10.9. The third kappa shape index (κ3) is 2.76. The standard InChI is InChI=1S/C13H13N3O2/c14-11-4-3-10(13(17)18)6-12(11)16-8-9-2-1-5-15-7-9/h1-7,16H,8,14H2,(H,17,18). The number of rotatable bonds is 4. The van der Waals surface area contributed by atoms with E-state index < -0.39 is 5.97 Å². The Labute approximate surface area is 104 Å². The number of anilines is 2. The van der Waals surface area contributed by atoms with E-state index in [0.29, 0.717) is 17.9 Å². The number of carbonyl (C=O) groups is 1. The number of nitrogens with one attached hydrogen (secondary N) is 1. The molecule has 0 unspecified atom stereocenters. The van der Waals surface area contributed by atoms with Crippen molar-refractivity contribution >= 4 is 17.3 Å². The van der Waals surface area contributed by atoms with Gasteiger partial charge in [0.25, 0.3) is 0 Å². The zero-order valence-electron chi connectivity index (χ0n) is 9.63. The molecule has 0 radical (unpaired) electrons. The van der Waals surface area contributed by atoms with E-state index in [2.05, 4.69) is 10.3 Å². The van der Waals surface area contributed by atoms with Gasteiger partial charge in [-0.25, -0.2) is 4.79 Å². The van der Waals surface area contributed by atoms with Crippen molar-refractivity contribution in [2.24, 2.45) is 0 Å². The van der Waals surface area contributed by atoms with Crippen molar-refractivity contribution in [2.75, 3.05) is 11.1 Å². The molecular weight excluding hydrogens is 230 g/mol. The number of carboxylic acid groups (broad SMARTS) is 1. The van der Waals surface area contributed by atoms with Crippen LogP contribution in [0.3, 0.4) is 0 Å². The first-order valence-electron chi connectivity index (χ1n) is 5.42. The Morgan fingerprint density at radius 1 is 1.39 bits per heavy atom. The van der Waals surface area contributed by atoms with Gasteiger partial charge in [0.2, 0.25) is 0 Å². The molecule has 92 valence electrons. The van der Waals surface area contributed by atoms with Gasteiger partial charge in [-0.05, 0) is 29.8 Å². The molecule has 1 aromatic heterocycles. The maximum atomic E-state index is 10.9. The molecule has 2 rings (SSSR count). The number of pyridine rings is 1. The molecule has 0 aliphatic rings. The number of hydrogen-bond acceptors (Lipinski definition) is 4. The second-order valence-electron chi connectivity index (χ2n) is 3.82. The largest absolute Gasteiger partial charge is 0.478 e. The minimum atomic E-state index is -0.973. The minimum absolute atomic E-state index is 0.206. The average Bonchev–Trinajstić information content (AvgIpc) is 2.38. The van der Waals surface area contributed by atoms with Crippen LogP contribution in [0.15, 0.2) is 42.7 Å². The number of nitrogens with two attached hydrogens (primary N) is 1. The van der Waals surface area contributed by atoms with Gasteiger partial charge in [-0.3, -0.25) is 4.98 Å². The molecule has 0 fully saturated rings. The summed E-state index contributed by atoms with van der Waals surface area (Å²) >= 11 is 0. The normalized spacial score (nSPS) is 10.0. The first-order chi connectivity index (χ1) is 8.66. The lowest BCUT2D eigenvalue weighted by Gasteiger charge is -2.10. The Hall–Kier alpha value is -2.56. The van der Waals surface area contributed by atoms with Crippen LogP contribution in [0.25, 0.3) is 0 Å². The minimum Gasteiger partial charge on any atom is -0.478 e. The lowest BCUT2D eigenvalue weighted by molar-refractivity contribution is 0.0697. The molecule has 0 aliphatic heterocycles. The summed E-state index contributed by atoms with van der Waals surface area (Å²) in [6.07, 6.45) is 3.44. The molecule has 0 atom stereocenters. The van der Waals surface area contributed by atoms with Crippen molar-refractivity contribution < 1.29 is 9.90 Å². The Balaban J connectivity index is 2.14. The summed E-state index contributed by atoms with van der Waals surface area (Å²) in [5, 5.41) is 12.0. The Morgan fingerprint density at radius 3 is 2.89 bits per heavy atom. The molecule has 2 aromatic rings. The van der Waals surface area contributed by atoms with Gasteiger partial charge in [-0.15, -0.1) is 0 Å². The van der Waals surface area contributed by atoms with E-state index in [9.17, 15) is 4.79 Å². The molecule has 0 saturated heterocycles. The molecule has 0 bridgehead atoms. The summed E-state index contributed by atoms with van der Waals surface area (Å²) < 4.78 is 0. The highest BCUT2D eigenvalue weighted by Crippen LogP contribution is 2.20. The average molecular weight is 243 g/mol. The monoisotopic (exact) mass is 243 g/mol. The van der Waals surface area contributed by atoms with Crippen LogP contribution in [0.2, 0.25) is 0 Å². The topological polar surface area (TPSA) is 88.2 Å². The lowest BCUT2D eigenvalue weighted by Crippen LogP contribution is -2.05. The number of carboxylic acids is 1. The molecule has 5 heteroatoms. The molecule has 18 heavy (non-hydrogen) atoms. The summed E-state index contributed by atoms with van der Waals surface area (Å²) in [5.41, 5.74) is 8.11. The fraction of sp³-hybridized carbons (Fsp3) is 0.0769. The van der Waals surface area contributed by atoms with E-state index in [1.54, 1.807) is 18.5 Å². The van der Waals surface area contributed by atoms with Crippen LogP contribution >= 0.6 is 0 Å². The van der Waals surface area contributed by atoms with Crippen molar-refractivity contribution in [2.45, 2.75) is 6.54 Å². The number of nitrogens with zero attached hydrogens (tertiary/aromatic N) is 1. The maximum Gasteiger partial charge on any atom is 0.335 e. The SMILES string of the molecule is Nc1ccc(C(=O)O)cc1NCc1cccnc1. The summed E-state index contributed by atoms with van der Waals surface area (Å²) in [5.74, 6) is -0.973. The number of benzene rings is 1. The van der Waals surface area contributed by atoms with Gasteiger partial charge >= 0.3 is 5.97 Å². The highest BCUT2D eigenvalue weighted by atomic mass is 16.4. The van der Waals surface area contributed by atoms with Gasteiger partial charge in [-0.1, -0.05) is 6.07 Å². The second-order valence-corrected chi connectivity index (χ2v) is 3.82. The van der Waals surface area contributed by atoms with Crippen molar-refractivity contribution in [3.63, 3.8) is 0 Å². The van der Waals surface area contributed by atoms with Gasteiger partial charge in [-0.2, -0.15) is 0 Å². The molecule has 0 amide bonds. The van der Waals surface area contributed by atoms with Crippen LogP contribution in [0, 0.1) is 0 Å². The van der Waals surface area contributed by atoms with E-state index in [-0.39, 0.29) is 5.56 Å². The third-order valence-electron chi connectivity index (χ3n) is 2.51. The molecule has 0 spiro atoms. The number of aromatic carboxylic acids is 1. The van der Waals surface area contributed by atoms with E-state index in [0.717, 1.165) is 5.56 Å². The lowest BCUT2D eigenvalue weighted by atomic mass is 10.1. The van der Waals surface area contributed by atoms with Crippen molar-refractivity contribution in [3.8, 4) is 0 Å². The van der Waals surface area contributed by atoms with Crippen molar-refractivity contribution in [1.82, 2.24) is 4.98 Å². The van der Waals surface area contributed by atoms with Crippen LogP contribution in [0.5, 0.6) is 0 Å². The number of hydrogen-bond donors (Lipinski definition) is 3. The summed E-state index contributed by atoms with van der Waals surface area (Å²) in [6.45, 7) is 0.543. The summed E-state index contributed by atoms with van der Waals surface area (Å²) in [4.78, 5) is 14.9. The smallest absolute Gasteiger partial charge is 0.335 e. The highest BCUT2D eigenvalue weighted by Gasteiger charge is 2.06. The van der Waals surface area contributed by atoms with Gasteiger partial charge in [0.15, 0.2) is 0 Å². The van der Waals surface area contributed by atoms with E-state index in [1.165, 1.54) is 12.1 Å². The zero-order valence-corrected chi connectivity index (χ0v) is 9.63. The first-order valence-corrected chi connectivity index (χ1v) is 5.42. The van der Waals surface area contributed by atoms with Crippen LogP contribution in [0.1, 0.15) is 15.9 Å². The Kier molecular flexibility index (Phi) is 3.43. The van der Waals surface area contributed by atoms with E-state index >= 15 is 0 Å². The number of aromatic nitrogens is 1. The third-order valence-corrected chi connectivity index (χ3v) is 2.51. The molecule has 4 N–H and O–H groups in total. The van der Waals surface area contributed by atoms with Crippen LogP contribution in [-0.4, -0.2) is 16.1 Å². The summed E-state index contributed by atoms with van der Waals surface area (Å²) in [7, 11) is 0. The molecule has 0 saturated carbocycles. The molecule has 1 aromatic carbocycles. The fourth-order valence-corrected chi connectivity index (χ4v) is 1.54. The van der Waals surface area contributed by atoms with Crippen molar-refractivity contribution in [3.05, 3.63) is 53.9 Å². The number of nitrogen functional groups attached to an aromatic ring is 1. The highest BCUT2D eigenvalue weighted by molar-refractivity contribution is 5.90. The summed E-state index contributed by atoms with van der Waals surface area (Å²) in [6, 6.07) is 8.35. The molecular formula is C13H13N3O2. The zero-order chi connectivity index (χ0) is 13.0. The Morgan fingerprint density at radius 2 is 2.22 bits per heavy atom. The molecule has 5 nitrogen and oxygen atoms in total. The van der Waals surface area contributed by atoms with Gasteiger partial charge in [0, 0.05) is 18.9 Å². The van der Waals surface area contributed by atoms with Crippen LogP contribution < -0.4 is 11.1 Å². The van der Waals surface area contributed by atoms with Crippen LogP contribution in [0.4, 0.5) is 11.4 Å². The van der Waals surface area contributed by atoms with Crippen molar-refractivity contribution in [1.29, 1.82) is 0 Å². The van der Waals surface area contributed by atoms with Crippen LogP contribution in [-0.2, 0) is 6.54 Å². The fourth-order valence-electron chi connectivity index (χ4n) is 1.54. The second kappa shape index (κ2) is 5.18. The molecule has 1 heterocycles. The van der Waals surface area contributed by atoms with E-state index in [1.807, 2.05) is 12.1 Å². The predicted molar refractivity (Wildman–Crippen MR) is 69.4 cm³/mol. The quantitative estimate of drug-likeness (QED) is 0.714. The van der Waals surface area contributed by atoms with Gasteiger partial charge in [0.05, 0.1) is 16.9 Å².